The number of hydrogen-bond donors (Lipinski definition) is 1. The number of halogens is 1. The lowest BCUT2D eigenvalue weighted by molar-refractivity contribution is 0.102. The van der Waals surface area contributed by atoms with Gasteiger partial charge in [0.1, 0.15) is 0 Å². The van der Waals surface area contributed by atoms with Crippen LogP contribution in [0.2, 0.25) is 5.02 Å². The lowest BCUT2D eigenvalue weighted by Gasteiger charge is -2.21. The van der Waals surface area contributed by atoms with Gasteiger partial charge in [-0.1, -0.05) is 11.6 Å². The van der Waals surface area contributed by atoms with Crippen LogP contribution in [0.25, 0.3) is 0 Å². The molecule has 0 fully saturated rings. The third-order valence-corrected chi connectivity index (χ3v) is 4.18. The van der Waals surface area contributed by atoms with Crippen molar-refractivity contribution < 1.29 is 4.79 Å². The molecule has 0 spiro atoms. The van der Waals surface area contributed by atoms with Crippen LogP contribution in [0.3, 0.4) is 0 Å². The van der Waals surface area contributed by atoms with E-state index in [9.17, 15) is 4.79 Å². The van der Waals surface area contributed by atoms with Crippen LogP contribution < -0.4 is 10.2 Å². The van der Waals surface area contributed by atoms with Crippen molar-refractivity contribution in [1.29, 1.82) is 0 Å². The predicted molar refractivity (Wildman–Crippen MR) is 90.9 cm³/mol. The highest BCUT2D eigenvalue weighted by Crippen LogP contribution is 2.22. The van der Waals surface area contributed by atoms with E-state index in [1.165, 1.54) is 0 Å². The average molecular weight is 321 g/mol. The second kappa shape index (κ2) is 6.83. The Hall–Kier alpha value is -2.01. The van der Waals surface area contributed by atoms with Gasteiger partial charge in [-0.3, -0.25) is 9.48 Å². The summed E-state index contributed by atoms with van der Waals surface area (Å²) in [6.45, 7) is 7.95. The van der Waals surface area contributed by atoms with Gasteiger partial charge in [-0.05, 0) is 45.0 Å². The fourth-order valence-corrected chi connectivity index (χ4v) is 2.51. The maximum absolute atomic E-state index is 12.2. The van der Waals surface area contributed by atoms with Gasteiger partial charge in [0.15, 0.2) is 5.69 Å². The standard InChI is InChI=1S/C16H21ClN4O/c1-5-21(6-2)13-9-7-12(8-10-13)18-16(22)15-14(17)11(3)20(4)19-15/h7-10H,5-6H2,1-4H3,(H,18,22). The van der Waals surface area contributed by atoms with E-state index in [0.717, 1.165) is 30.2 Å². The summed E-state index contributed by atoms with van der Waals surface area (Å²) in [5, 5.41) is 7.36. The molecular formula is C16H21ClN4O. The van der Waals surface area contributed by atoms with Crippen molar-refractivity contribution >= 4 is 28.9 Å². The lowest BCUT2D eigenvalue weighted by atomic mass is 10.2. The Morgan fingerprint density at radius 1 is 1.27 bits per heavy atom. The van der Waals surface area contributed by atoms with Gasteiger partial charge in [0.05, 0.1) is 10.7 Å². The second-order valence-corrected chi connectivity index (χ2v) is 5.42. The van der Waals surface area contributed by atoms with Gasteiger partial charge < -0.3 is 10.2 Å². The van der Waals surface area contributed by atoms with E-state index in [1.54, 1.807) is 11.7 Å². The normalized spacial score (nSPS) is 10.6. The Kier molecular flexibility index (Phi) is 5.08. The van der Waals surface area contributed by atoms with E-state index < -0.39 is 0 Å². The minimum atomic E-state index is -0.302. The monoisotopic (exact) mass is 320 g/mol. The highest BCUT2D eigenvalue weighted by Gasteiger charge is 2.18. The molecule has 1 N–H and O–H groups in total. The number of carbonyl (C=O) groups is 1. The Labute approximate surface area is 135 Å². The van der Waals surface area contributed by atoms with Crippen molar-refractivity contribution in [2.24, 2.45) is 7.05 Å². The summed E-state index contributed by atoms with van der Waals surface area (Å²) in [6, 6.07) is 7.76. The molecule has 0 radical (unpaired) electrons. The van der Waals surface area contributed by atoms with Crippen LogP contribution >= 0.6 is 11.6 Å². The summed E-state index contributed by atoms with van der Waals surface area (Å²) >= 11 is 6.13. The molecule has 0 saturated carbocycles. The minimum absolute atomic E-state index is 0.245. The van der Waals surface area contributed by atoms with Crippen LogP contribution in [-0.2, 0) is 7.05 Å². The largest absolute Gasteiger partial charge is 0.372 e. The van der Waals surface area contributed by atoms with Crippen molar-refractivity contribution in [3.63, 3.8) is 0 Å². The first-order chi connectivity index (χ1) is 10.5. The quantitative estimate of drug-likeness (QED) is 0.917. The molecule has 0 saturated heterocycles. The van der Waals surface area contributed by atoms with Gasteiger partial charge in [-0.25, -0.2) is 0 Å². The van der Waals surface area contributed by atoms with Crippen molar-refractivity contribution in [3.8, 4) is 0 Å². The molecule has 1 amide bonds. The van der Waals surface area contributed by atoms with Gasteiger partial charge >= 0.3 is 0 Å². The maximum atomic E-state index is 12.2. The van der Waals surface area contributed by atoms with Crippen molar-refractivity contribution in [3.05, 3.63) is 40.7 Å². The fourth-order valence-electron chi connectivity index (χ4n) is 2.26. The van der Waals surface area contributed by atoms with Crippen LogP contribution in [0.4, 0.5) is 11.4 Å². The zero-order valence-corrected chi connectivity index (χ0v) is 14.1. The van der Waals surface area contributed by atoms with Gasteiger partial charge in [0.25, 0.3) is 5.91 Å². The molecule has 1 heterocycles. The number of nitrogens with zero attached hydrogens (tertiary/aromatic N) is 3. The first-order valence-corrected chi connectivity index (χ1v) is 7.71. The highest BCUT2D eigenvalue weighted by molar-refractivity contribution is 6.34. The van der Waals surface area contributed by atoms with Gasteiger partial charge in [0, 0.05) is 31.5 Å². The summed E-state index contributed by atoms with van der Waals surface area (Å²) < 4.78 is 1.60. The number of rotatable bonds is 5. The van der Waals surface area contributed by atoms with Crippen molar-refractivity contribution in [2.75, 3.05) is 23.3 Å². The van der Waals surface area contributed by atoms with Crippen LogP contribution in [0, 0.1) is 6.92 Å². The lowest BCUT2D eigenvalue weighted by Crippen LogP contribution is -2.21. The average Bonchev–Trinajstić information content (AvgIpc) is 2.78. The number of amides is 1. The van der Waals surface area contributed by atoms with E-state index in [0.29, 0.717) is 5.02 Å². The van der Waals surface area contributed by atoms with Crippen LogP contribution in [0.1, 0.15) is 30.0 Å². The predicted octanol–water partition coefficient (Wildman–Crippen LogP) is 3.48. The number of anilines is 2. The molecule has 0 aliphatic carbocycles. The summed E-state index contributed by atoms with van der Waals surface area (Å²) in [4.78, 5) is 14.5. The summed E-state index contributed by atoms with van der Waals surface area (Å²) in [5.74, 6) is -0.302. The first kappa shape index (κ1) is 16.4. The van der Waals surface area contributed by atoms with Crippen LogP contribution in [0.15, 0.2) is 24.3 Å². The molecule has 2 aromatic rings. The zero-order valence-electron chi connectivity index (χ0n) is 13.4. The number of aryl methyl sites for hydroxylation is 1. The van der Waals surface area contributed by atoms with E-state index in [2.05, 4.69) is 29.2 Å². The van der Waals surface area contributed by atoms with Crippen LogP contribution in [0.5, 0.6) is 0 Å². The molecular weight excluding hydrogens is 300 g/mol. The molecule has 5 nitrogen and oxygen atoms in total. The molecule has 1 aromatic carbocycles. The molecule has 0 unspecified atom stereocenters. The summed E-state index contributed by atoms with van der Waals surface area (Å²) in [6.07, 6.45) is 0. The molecule has 0 aliphatic heterocycles. The van der Waals surface area contributed by atoms with E-state index in [4.69, 9.17) is 11.6 Å². The molecule has 0 atom stereocenters. The highest BCUT2D eigenvalue weighted by atomic mass is 35.5. The smallest absolute Gasteiger partial charge is 0.277 e. The molecule has 22 heavy (non-hydrogen) atoms. The van der Waals surface area contributed by atoms with Crippen LogP contribution in [-0.4, -0.2) is 28.8 Å². The topological polar surface area (TPSA) is 50.2 Å². The number of carbonyl (C=O) groups excluding carboxylic acids is 1. The van der Waals surface area contributed by atoms with Crippen molar-refractivity contribution in [2.45, 2.75) is 20.8 Å². The molecule has 118 valence electrons. The van der Waals surface area contributed by atoms with E-state index >= 15 is 0 Å². The van der Waals surface area contributed by atoms with Gasteiger partial charge in [-0.2, -0.15) is 5.10 Å². The minimum Gasteiger partial charge on any atom is -0.372 e. The summed E-state index contributed by atoms with van der Waals surface area (Å²) in [7, 11) is 1.76. The SMILES string of the molecule is CCN(CC)c1ccc(NC(=O)c2nn(C)c(C)c2Cl)cc1. The Morgan fingerprint density at radius 3 is 2.32 bits per heavy atom. The molecule has 0 aliphatic rings. The second-order valence-electron chi connectivity index (χ2n) is 5.04. The fraction of sp³-hybridized carbons (Fsp3) is 0.375. The molecule has 1 aromatic heterocycles. The van der Waals surface area contributed by atoms with Crippen molar-refractivity contribution in [1.82, 2.24) is 9.78 Å². The Bertz CT molecular complexity index is 660. The Balaban J connectivity index is 2.13. The van der Waals surface area contributed by atoms with Gasteiger partial charge in [0.2, 0.25) is 0 Å². The number of hydrogen-bond acceptors (Lipinski definition) is 3. The third kappa shape index (κ3) is 3.25. The van der Waals surface area contributed by atoms with E-state index in [-0.39, 0.29) is 11.6 Å². The molecule has 0 bridgehead atoms. The van der Waals surface area contributed by atoms with Gasteiger partial charge in [-0.15, -0.1) is 0 Å². The Morgan fingerprint density at radius 2 is 1.86 bits per heavy atom. The number of benzene rings is 1. The third-order valence-electron chi connectivity index (χ3n) is 3.73. The zero-order chi connectivity index (χ0) is 16.3. The number of nitrogens with one attached hydrogen (secondary N) is 1. The molecule has 6 heteroatoms. The number of aromatic nitrogens is 2. The summed E-state index contributed by atoms with van der Waals surface area (Å²) in [5.41, 5.74) is 2.87. The first-order valence-electron chi connectivity index (χ1n) is 7.33. The maximum Gasteiger partial charge on any atom is 0.277 e. The van der Waals surface area contributed by atoms with E-state index in [1.807, 2.05) is 31.2 Å². The molecule has 2 rings (SSSR count).